The van der Waals surface area contributed by atoms with Crippen LogP contribution in [0.15, 0.2) is 48.5 Å². The van der Waals surface area contributed by atoms with E-state index < -0.39 is 11.9 Å². The number of likely N-dealkylation sites (tertiary alicyclic amines) is 1. The number of ether oxygens (including phenoxy) is 1. The van der Waals surface area contributed by atoms with Crippen LogP contribution in [0.5, 0.6) is 0 Å². The molecule has 164 valence electrons. The van der Waals surface area contributed by atoms with Crippen LogP contribution in [-0.4, -0.2) is 41.7 Å². The van der Waals surface area contributed by atoms with Gasteiger partial charge in [-0.1, -0.05) is 18.2 Å². The third kappa shape index (κ3) is 6.18. The van der Waals surface area contributed by atoms with Gasteiger partial charge < -0.3 is 15.4 Å². The smallest absolute Gasteiger partial charge is 0.224 e. The minimum atomic E-state index is -0.472. The van der Waals surface area contributed by atoms with E-state index >= 15 is 0 Å². The van der Waals surface area contributed by atoms with Crippen LogP contribution in [0.2, 0.25) is 0 Å². The van der Waals surface area contributed by atoms with Crippen LogP contribution in [-0.2, 0) is 16.0 Å². The Morgan fingerprint density at radius 2 is 1.74 bits per heavy atom. The van der Waals surface area contributed by atoms with Crippen molar-refractivity contribution in [2.75, 3.05) is 13.1 Å². The number of hydrogen-bond acceptors (Lipinski definition) is 5. The average molecular weight is 428 g/mol. The Balaban J connectivity index is 1.44. The Morgan fingerprint density at radius 1 is 1.10 bits per heavy atom. The largest absolute Gasteiger partial charge is 0.425 e. The highest BCUT2D eigenvalue weighted by Crippen LogP contribution is 2.21. The van der Waals surface area contributed by atoms with Gasteiger partial charge in [0.25, 0.3) is 0 Å². The number of nitrogens with zero attached hydrogens (tertiary/aromatic N) is 1. The lowest BCUT2D eigenvalue weighted by atomic mass is 9.95. The van der Waals surface area contributed by atoms with Gasteiger partial charge in [0.05, 0.1) is 0 Å². The predicted octanol–water partition coefficient (Wildman–Crippen LogP) is 3.48. The third-order valence-electron chi connectivity index (χ3n) is 5.41. The van der Waals surface area contributed by atoms with Crippen molar-refractivity contribution >= 4 is 17.7 Å². The lowest BCUT2D eigenvalue weighted by Gasteiger charge is -2.32. The van der Waals surface area contributed by atoms with Crippen LogP contribution in [0.1, 0.15) is 30.4 Å². The van der Waals surface area contributed by atoms with Gasteiger partial charge in [0, 0.05) is 37.0 Å². The zero-order chi connectivity index (χ0) is 22.4. The van der Waals surface area contributed by atoms with Gasteiger partial charge in [-0.05, 0) is 55.2 Å². The van der Waals surface area contributed by atoms with Gasteiger partial charge >= 0.3 is 0 Å². The van der Waals surface area contributed by atoms with Gasteiger partial charge in [-0.15, -0.1) is 0 Å². The van der Waals surface area contributed by atoms with Crippen molar-refractivity contribution in [3.8, 4) is 0 Å². The van der Waals surface area contributed by atoms with Crippen LogP contribution >= 0.6 is 0 Å². The van der Waals surface area contributed by atoms with Gasteiger partial charge in [0.1, 0.15) is 11.6 Å². The lowest BCUT2D eigenvalue weighted by molar-refractivity contribution is -0.132. The fourth-order valence-corrected chi connectivity index (χ4v) is 3.62. The van der Waals surface area contributed by atoms with Crippen molar-refractivity contribution in [2.45, 2.75) is 31.7 Å². The number of carbonyl (C=O) groups excluding carboxylic acids is 1. The molecule has 1 unspecified atom stereocenters. The molecule has 1 fully saturated rings. The topological polar surface area (TPSA) is 103 Å². The minimum absolute atomic E-state index is 0.0299. The molecule has 1 amide bonds. The van der Waals surface area contributed by atoms with Crippen molar-refractivity contribution < 1.29 is 18.3 Å². The summed E-state index contributed by atoms with van der Waals surface area (Å²) in [7, 11) is 0. The van der Waals surface area contributed by atoms with Crippen molar-refractivity contribution in [2.24, 2.45) is 11.7 Å². The van der Waals surface area contributed by atoms with Crippen LogP contribution < -0.4 is 5.73 Å². The van der Waals surface area contributed by atoms with Gasteiger partial charge in [0.15, 0.2) is 5.90 Å². The molecule has 2 aromatic carbocycles. The van der Waals surface area contributed by atoms with Crippen LogP contribution in [0.3, 0.4) is 0 Å². The van der Waals surface area contributed by atoms with E-state index in [1.807, 2.05) is 0 Å². The third-order valence-corrected chi connectivity index (χ3v) is 5.41. The number of halogens is 2. The zero-order valence-electron chi connectivity index (χ0n) is 17.1. The van der Waals surface area contributed by atoms with E-state index in [4.69, 9.17) is 21.3 Å². The number of piperidine rings is 1. The summed E-state index contributed by atoms with van der Waals surface area (Å²) in [5.41, 5.74) is 6.95. The van der Waals surface area contributed by atoms with Gasteiger partial charge in [0.2, 0.25) is 11.8 Å². The van der Waals surface area contributed by atoms with Crippen molar-refractivity contribution in [1.29, 1.82) is 10.8 Å². The number of hydrogen-bond donors (Lipinski definition) is 3. The van der Waals surface area contributed by atoms with E-state index in [1.54, 1.807) is 23.1 Å². The first-order valence-corrected chi connectivity index (χ1v) is 10.2. The molecule has 6 nitrogen and oxygen atoms in total. The molecular formula is C23H26F2N4O2. The summed E-state index contributed by atoms with van der Waals surface area (Å²) < 4.78 is 32.1. The van der Waals surface area contributed by atoms with Crippen molar-refractivity contribution in [3.05, 3.63) is 71.3 Å². The second kappa shape index (κ2) is 10.3. The first-order chi connectivity index (χ1) is 14.8. The van der Waals surface area contributed by atoms with E-state index in [0.29, 0.717) is 43.5 Å². The number of nitrogens with one attached hydrogen (secondary N) is 2. The fraction of sp³-hybridized carbons (Fsp3) is 0.348. The molecule has 0 bridgehead atoms. The van der Waals surface area contributed by atoms with Crippen molar-refractivity contribution in [1.82, 2.24) is 4.90 Å². The molecule has 2 aromatic rings. The molecule has 1 aliphatic heterocycles. The molecular weight excluding hydrogens is 402 g/mol. The molecule has 3 rings (SSSR count). The van der Waals surface area contributed by atoms with Gasteiger partial charge in [-0.3, -0.25) is 15.6 Å². The number of benzene rings is 2. The summed E-state index contributed by atoms with van der Waals surface area (Å²) in [5.74, 6) is -1.25. The highest BCUT2D eigenvalue weighted by Gasteiger charge is 2.28. The molecule has 1 atom stereocenters. The quantitative estimate of drug-likeness (QED) is 0.485. The molecule has 1 aliphatic rings. The maximum atomic E-state index is 13.8. The zero-order valence-corrected chi connectivity index (χ0v) is 17.1. The molecule has 8 heteroatoms. The molecule has 1 heterocycles. The second-order valence-electron chi connectivity index (χ2n) is 7.72. The number of carbonyl (C=O) groups is 1. The van der Waals surface area contributed by atoms with Crippen molar-refractivity contribution in [3.63, 3.8) is 0 Å². The molecule has 0 radical (unpaired) electrons. The molecule has 0 spiro atoms. The maximum absolute atomic E-state index is 13.8. The summed E-state index contributed by atoms with van der Waals surface area (Å²) >= 11 is 0. The Bertz CT molecular complexity index is 941. The first kappa shape index (κ1) is 22.6. The average Bonchev–Trinajstić information content (AvgIpc) is 2.75. The lowest BCUT2D eigenvalue weighted by Crippen LogP contribution is -2.43. The number of rotatable bonds is 6. The predicted molar refractivity (Wildman–Crippen MR) is 114 cm³/mol. The molecule has 4 N–H and O–H groups in total. The summed E-state index contributed by atoms with van der Waals surface area (Å²) in [6.07, 6.45) is 1.51. The summed E-state index contributed by atoms with van der Waals surface area (Å²) in [6.45, 7) is 0.928. The monoisotopic (exact) mass is 428 g/mol. The summed E-state index contributed by atoms with van der Waals surface area (Å²) in [4.78, 5) is 14.3. The van der Waals surface area contributed by atoms with E-state index in [1.165, 1.54) is 30.3 Å². The second-order valence-corrected chi connectivity index (χ2v) is 7.72. The molecule has 0 aromatic heterocycles. The van der Waals surface area contributed by atoms with E-state index in [0.717, 1.165) is 0 Å². The fourth-order valence-electron chi connectivity index (χ4n) is 3.62. The van der Waals surface area contributed by atoms with Crippen LogP contribution in [0.4, 0.5) is 8.78 Å². The highest BCUT2D eigenvalue weighted by molar-refractivity contribution is 5.99. The summed E-state index contributed by atoms with van der Waals surface area (Å²) in [5, 5.41) is 16.1. The highest BCUT2D eigenvalue weighted by atomic mass is 19.1. The molecule has 0 aliphatic carbocycles. The molecule has 1 saturated heterocycles. The van der Waals surface area contributed by atoms with E-state index in [-0.39, 0.29) is 35.9 Å². The Hall–Kier alpha value is -3.13. The SMILES string of the molecule is N=C(OC(=N)C1CCN(C(=O)CC(N)Cc2ccccc2F)CC1)c1ccc(F)cc1. The van der Waals surface area contributed by atoms with Gasteiger partial charge in [-0.25, -0.2) is 8.78 Å². The normalized spacial score (nSPS) is 15.4. The van der Waals surface area contributed by atoms with E-state index in [9.17, 15) is 13.6 Å². The molecule has 31 heavy (non-hydrogen) atoms. The maximum Gasteiger partial charge on any atom is 0.224 e. The first-order valence-electron chi connectivity index (χ1n) is 10.2. The van der Waals surface area contributed by atoms with Gasteiger partial charge in [-0.2, -0.15) is 0 Å². The standard InChI is InChI=1S/C23H26F2N4O2/c24-18-7-5-15(6-8-18)22(27)31-23(28)16-9-11-29(12-10-16)21(30)14-19(26)13-17-3-1-2-4-20(17)25/h1-8,16,19,27-28H,9-14,26H2. The minimum Gasteiger partial charge on any atom is -0.425 e. The molecule has 0 saturated carbocycles. The Labute approximate surface area is 180 Å². The number of nitrogens with two attached hydrogens (primary N) is 1. The number of amides is 1. The Morgan fingerprint density at radius 3 is 2.39 bits per heavy atom. The van der Waals surface area contributed by atoms with Crippen LogP contribution in [0, 0.1) is 28.4 Å². The van der Waals surface area contributed by atoms with Crippen LogP contribution in [0.25, 0.3) is 0 Å². The van der Waals surface area contributed by atoms with E-state index in [2.05, 4.69) is 0 Å². The summed E-state index contributed by atoms with van der Waals surface area (Å²) in [6, 6.07) is 11.2. The Kier molecular flexibility index (Phi) is 7.46.